The quantitative estimate of drug-likeness (QED) is 0.806. The maximum Gasteiger partial charge on any atom is 0.117 e. The number of hydrogen-bond donors (Lipinski definition) is 0. The van der Waals surface area contributed by atoms with Crippen molar-refractivity contribution in [3.05, 3.63) is 24.2 Å². The minimum atomic E-state index is -0.144. The van der Waals surface area contributed by atoms with Gasteiger partial charge in [0.15, 0.2) is 0 Å². The van der Waals surface area contributed by atoms with Crippen LogP contribution < -0.4 is 0 Å². The normalized spacial score (nSPS) is 34.2. The Morgan fingerprint density at radius 2 is 2.24 bits per heavy atom. The van der Waals surface area contributed by atoms with Crippen LogP contribution in [0.3, 0.4) is 0 Å². The van der Waals surface area contributed by atoms with Crippen LogP contribution in [0.2, 0.25) is 0 Å². The highest BCUT2D eigenvalue weighted by atomic mass is 16.6. The molecule has 6 nitrogen and oxygen atoms in total. The average molecular weight is 350 g/mol. The summed E-state index contributed by atoms with van der Waals surface area (Å²) in [7, 11) is 2.13. The Hall–Kier alpha value is -0.920. The van der Waals surface area contributed by atoms with Gasteiger partial charge in [-0.2, -0.15) is 0 Å². The third-order valence-electron chi connectivity index (χ3n) is 5.66. The summed E-state index contributed by atoms with van der Waals surface area (Å²) in [4.78, 5) is 4.82. The standard InChI is InChI=1S/C19H30N2O4/c1-20(11-17-3-2-8-24-17)12-18-4-6-19(25-18)14-21(7-10-23-15-19)16-5-9-22-13-16/h2-3,8,16,18H,4-7,9-15H2,1H3. The van der Waals surface area contributed by atoms with Gasteiger partial charge in [0, 0.05) is 32.3 Å². The lowest BCUT2D eigenvalue weighted by atomic mass is 9.99. The van der Waals surface area contributed by atoms with Crippen molar-refractivity contribution in [2.75, 3.05) is 53.1 Å². The molecule has 4 heterocycles. The van der Waals surface area contributed by atoms with Crippen molar-refractivity contribution in [1.29, 1.82) is 0 Å². The first-order valence-corrected chi connectivity index (χ1v) is 9.51. The van der Waals surface area contributed by atoms with Crippen LogP contribution in [0, 0.1) is 0 Å². The summed E-state index contributed by atoms with van der Waals surface area (Å²) in [6.45, 7) is 6.96. The van der Waals surface area contributed by atoms with Gasteiger partial charge in [-0.05, 0) is 38.4 Å². The minimum absolute atomic E-state index is 0.144. The molecule has 140 valence electrons. The Morgan fingerprint density at radius 1 is 1.28 bits per heavy atom. The molecule has 3 aliphatic rings. The lowest BCUT2D eigenvalue weighted by molar-refractivity contribution is -0.0936. The number of likely N-dealkylation sites (N-methyl/N-ethyl adjacent to an activating group) is 1. The molecule has 3 fully saturated rings. The molecule has 3 atom stereocenters. The van der Waals surface area contributed by atoms with E-state index in [9.17, 15) is 0 Å². The van der Waals surface area contributed by atoms with E-state index < -0.39 is 0 Å². The molecule has 0 aliphatic carbocycles. The lowest BCUT2D eigenvalue weighted by Gasteiger charge is -2.34. The Balaban J connectivity index is 1.33. The largest absolute Gasteiger partial charge is 0.468 e. The van der Waals surface area contributed by atoms with Gasteiger partial charge < -0.3 is 18.6 Å². The van der Waals surface area contributed by atoms with Gasteiger partial charge in [-0.25, -0.2) is 0 Å². The zero-order valence-corrected chi connectivity index (χ0v) is 15.2. The Kier molecular flexibility index (Phi) is 5.43. The highest BCUT2D eigenvalue weighted by Crippen LogP contribution is 2.34. The molecule has 25 heavy (non-hydrogen) atoms. The number of ether oxygens (including phenoxy) is 3. The van der Waals surface area contributed by atoms with Crippen LogP contribution in [0.4, 0.5) is 0 Å². The van der Waals surface area contributed by atoms with E-state index in [-0.39, 0.29) is 11.7 Å². The van der Waals surface area contributed by atoms with Crippen LogP contribution >= 0.6 is 0 Å². The highest BCUT2D eigenvalue weighted by molar-refractivity contribution is 4.99. The zero-order chi connectivity index (χ0) is 17.1. The number of furan rings is 1. The second-order valence-electron chi connectivity index (χ2n) is 7.78. The predicted octanol–water partition coefficient (Wildman–Crippen LogP) is 1.75. The van der Waals surface area contributed by atoms with E-state index in [1.165, 1.54) is 0 Å². The lowest BCUT2D eigenvalue weighted by Crippen LogP contribution is -2.48. The van der Waals surface area contributed by atoms with Gasteiger partial charge in [0.1, 0.15) is 11.4 Å². The van der Waals surface area contributed by atoms with Crippen LogP contribution in [0.1, 0.15) is 25.0 Å². The van der Waals surface area contributed by atoms with Crippen LogP contribution in [0.5, 0.6) is 0 Å². The summed E-state index contributed by atoms with van der Waals surface area (Å²) < 4.78 is 23.5. The molecule has 4 rings (SSSR count). The van der Waals surface area contributed by atoms with Gasteiger partial charge in [0.25, 0.3) is 0 Å². The van der Waals surface area contributed by atoms with Crippen molar-refractivity contribution in [1.82, 2.24) is 9.80 Å². The van der Waals surface area contributed by atoms with Gasteiger partial charge >= 0.3 is 0 Å². The predicted molar refractivity (Wildman–Crippen MR) is 93.5 cm³/mol. The second-order valence-corrected chi connectivity index (χ2v) is 7.78. The van der Waals surface area contributed by atoms with E-state index in [1.807, 2.05) is 12.1 Å². The smallest absolute Gasteiger partial charge is 0.117 e. The molecular weight excluding hydrogens is 320 g/mol. The van der Waals surface area contributed by atoms with E-state index in [1.54, 1.807) is 6.26 Å². The monoisotopic (exact) mass is 350 g/mol. The fourth-order valence-electron chi connectivity index (χ4n) is 4.38. The minimum Gasteiger partial charge on any atom is -0.468 e. The molecule has 1 aromatic rings. The second kappa shape index (κ2) is 7.76. The molecule has 1 aromatic heterocycles. The van der Waals surface area contributed by atoms with Crippen molar-refractivity contribution in [2.45, 2.75) is 43.6 Å². The molecule has 0 bridgehead atoms. The fraction of sp³-hybridized carbons (Fsp3) is 0.789. The number of nitrogens with zero attached hydrogens (tertiary/aromatic N) is 2. The maximum absolute atomic E-state index is 6.57. The molecule has 3 saturated heterocycles. The molecular formula is C19H30N2O4. The SMILES string of the molecule is CN(Cc1ccco1)CC1CCC2(COCCN(C3CCOC3)C2)O1. The summed E-state index contributed by atoms with van der Waals surface area (Å²) in [5, 5.41) is 0. The number of hydrogen-bond acceptors (Lipinski definition) is 6. The molecule has 0 aromatic carbocycles. The van der Waals surface area contributed by atoms with Gasteiger partial charge in [0.05, 0.1) is 38.7 Å². The van der Waals surface area contributed by atoms with E-state index in [2.05, 4.69) is 16.8 Å². The van der Waals surface area contributed by atoms with E-state index in [0.29, 0.717) is 6.04 Å². The van der Waals surface area contributed by atoms with E-state index in [0.717, 1.165) is 77.6 Å². The van der Waals surface area contributed by atoms with Crippen molar-refractivity contribution < 1.29 is 18.6 Å². The van der Waals surface area contributed by atoms with Gasteiger partial charge in [-0.3, -0.25) is 9.80 Å². The highest BCUT2D eigenvalue weighted by Gasteiger charge is 2.44. The summed E-state index contributed by atoms with van der Waals surface area (Å²) in [6.07, 6.45) is 5.31. The maximum atomic E-state index is 6.57. The van der Waals surface area contributed by atoms with Gasteiger partial charge in [-0.15, -0.1) is 0 Å². The molecule has 0 amide bonds. The topological polar surface area (TPSA) is 47.3 Å². The fourth-order valence-corrected chi connectivity index (χ4v) is 4.38. The third kappa shape index (κ3) is 4.26. The summed E-state index contributed by atoms with van der Waals surface area (Å²) in [5.74, 6) is 1.00. The molecule has 3 aliphatic heterocycles. The zero-order valence-electron chi connectivity index (χ0n) is 15.2. The first-order chi connectivity index (χ1) is 12.2. The molecule has 3 unspecified atom stereocenters. The molecule has 0 N–H and O–H groups in total. The van der Waals surface area contributed by atoms with Crippen LogP contribution in [-0.2, 0) is 20.8 Å². The molecule has 6 heteroatoms. The Morgan fingerprint density at radius 3 is 3.04 bits per heavy atom. The van der Waals surface area contributed by atoms with Crippen molar-refractivity contribution in [3.8, 4) is 0 Å². The Labute approximate surface area is 150 Å². The molecule has 1 spiro atoms. The van der Waals surface area contributed by atoms with Crippen LogP contribution in [-0.4, -0.2) is 80.7 Å². The number of rotatable bonds is 5. The molecule has 0 radical (unpaired) electrons. The van der Waals surface area contributed by atoms with Crippen LogP contribution in [0.15, 0.2) is 22.8 Å². The average Bonchev–Trinajstić information content (AvgIpc) is 3.31. The van der Waals surface area contributed by atoms with Crippen molar-refractivity contribution in [3.63, 3.8) is 0 Å². The molecule has 0 saturated carbocycles. The van der Waals surface area contributed by atoms with E-state index >= 15 is 0 Å². The third-order valence-corrected chi connectivity index (χ3v) is 5.66. The van der Waals surface area contributed by atoms with Crippen LogP contribution in [0.25, 0.3) is 0 Å². The Bertz CT molecular complexity index is 532. The van der Waals surface area contributed by atoms with Crippen molar-refractivity contribution in [2.24, 2.45) is 0 Å². The van der Waals surface area contributed by atoms with E-state index in [4.69, 9.17) is 18.6 Å². The summed E-state index contributed by atoms with van der Waals surface area (Å²) >= 11 is 0. The summed E-state index contributed by atoms with van der Waals surface area (Å²) in [5.41, 5.74) is -0.144. The first-order valence-electron chi connectivity index (χ1n) is 9.51. The van der Waals surface area contributed by atoms with Gasteiger partial charge in [0.2, 0.25) is 0 Å². The van der Waals surface area contributed by atoms with Gasteiger partial charge in [-0.1, -0.05) is 0 Å². The summed E-state index contributed by atoms with van der Waals surface area (Å²) in [6, 6.07) is 4.49. The first kappa shape index (κ1) is 17.5. The van der Waals surface area contributed by atoms with Crippen molar-refractivity contribution >= 4 is 0 Å².